The van der Waals surface area contributed by atoms with Crippen molar-refractivity contribution in [2.45, 2.75) is 32.7 Å². The third kappa shape index (κ3) is 4.75. The van der Waals surface area contributed by atoms with Crippen LogP contribution in [0.5, 0.6) is 5.88 Å². The molecule has 0 aromatic carbocycles. The van der Waals surface area contributed by atoms with Gasteiger partial charge in [0.1, 0.15) is 5.56 Å². The predicted octanol–water partition coefficient (Wildman–Crippen LogP) is 1.72. The van der Waals surface area contributed by atoms with E-state index in [0.29, 0.717) is 6.54 Å². The van der Waals surface area contributed by atoms with E-state index in [2.05, 4.69) is 14.9 Å². The number of aliphatic imine (C=N–C) groups is 1. The molecule has 0 unspecified atom stereocenters. The van der Waals surface area contributed by atoms with Crippen LogP contribution in [-0.2, 0) is 4.74 Å². The van der Waals surface area contributed by atoms with Crippen LogP contribution < -0.4 is 5.56 Å². The summed E-state index contributed by atoms with van der Waals surface area (Å²) >= 11 is 5.14. The van der Waals surface area contributed by atoms with Gasteiger partial charge in [-0.3, -0.25) is 24.2 Å². The zero-order valence-corrected chi connectivity index (χ0v) is 15.1. The highest BCUT2D eigenvalue weighted by Crippen LogP contribution is 2.20. The van der Waals surface area contributed by atoms with Crippen molar-refractivity contribution in [2.75, 3.05) is 39.4 Å². The first-order valence-electron chi connectivity index (χ1n) is 8.42. The van der Waals surface area contributed by atoms with E-state index in [1.807, 2.05) is 13.8 Å². The van der Waals surface area contributed by atoms with E-state index in [1.54, 1.807) is 4.57 Å². The highest BCUT2D eigenvalue weighted by atomic mass is 32.1. The number of aromatic amines is 1. The summed E-state index contributed by atoms with van der Waals surface area (Å²) < 4.78 is 7.11. The number of rotatable bonds is 7. The number of H-pyrrole nitrogens is 1. The minimum absolute atomic E-state index is 0.00261. The van der Waals surface area contributed by atoms with E-state index in [-0.39, 0.29) is 22.3 Å². The van der Waals surface area contributed by atoms with Crippen molar-refractivity contribution in [1.82, 2.24) is 14.5 Å². The molecule has 1 aromatic rings. The summed E-state index contributed by atoms with van der Waals surface area (Å²) in [5.74, 6) is -0.116. The van der Waals surface area contributed by atoms with Crippen molar-refractivity contribution in [1.29, 1.82) is 0 Å². The lowest BCUT2D eigenvalue weighted by Gasteiger charge is -2.26. The number of hydrogen-bond donors (Lipinski definition) is 2. The van der Waals surface area contributed by atoms with Gasteiger partial charge in [-0.15, -0.1) is 0 Å². The Morgan fingerprint density at radius 1 is 1.46 bits per heavy atom. The van der Waals surface area contributed by atoms with Crippen LogP contribution in [0.2, 0.25) is 0 Å². The number of nitrogens with one attached hydrogen (secondary N) is 1. The SMILES string of the molecule is CC[C@@H](C)n1c(O)c(C=NCCCN2CCOCC2)c(=O)[nH]c1=S. The number of morpholine rings is 1. The normalized spacial score (nSPS) is 17.4. The van der Waals surface area contributed by atoms with E-state index in [9.17, 15) is 9.90 Å². The Morgan fingerprint density at radius 2 is 2.17 bits per heavy atom. The van der Waals surface area contributed by atoms with E-state index in [1.165, 1.54) is 6.21 Å². The van der Waals surface area contributed by atoms with Gasteiger partial charge in [0, 0.05) is 38.4 Å². The van der Waals surface area contributed by atoms with E-state index in [4.69, 9.17) is 17.0 Å². The van der Waals surface area contributed by atoms with Crippen LogP contribution in [0.25, 0.3) is 0 Å². The molecule has 0 aliphatic carbocycles. The lowest BCUT2D eigenvalue weighted by Crippen LogP contribution is -2.37. The summed E-state index contributed by atoms with van der Waals surface area (Å²) in [4.78, 5) is 21.3. The lowest BCUT2D eigenvalue weighted by atomic mass is 10.2. The molecule has 0 radical (unpaired) electrons. The van der Waals surface area contributed by atoms with Crippen molar-refractivity contribution in [3.63, 3.8) is 0 Å². The molecule has 2 heterocycles. The summed E-state index contributed by atoms with van der Waals surface area (Å²) in [5, 5.41) is 10.4. The van der Waals surface area contributed by atoms with Gasteiger partial charge in [0.05, 0.1) is 13.2 Å². The van der Waals surface area contributed by atoms with Gasteiger partial charge in [0.15, 0.2) is 4.77 Å². The molecule has 24 heavy (non-hydrogen) atoms. The monoisotopic (exact) mass is 354 g/mol. The van der Waals surface area contributed by atoms with Gasteiger partial charge in [0.25, 0.3) is 5.56 Å². The van der Waals surface area contributed by atoms with E-state index < -0.39 is 5.56 Å². The maximum atomic E-state index is 12.0. The van der Waals surface area contributed by atoms with E-state index in [0.717, 1.165) is 45.7 Å². The molecule has 1 atom stereocenters. The second-order valence-corrected chi connectivity index (χ2v) is 6.35. The number of hydrogen-bond acceptors (Lipinski definition) is 6. The summed E-state index contributed by atoms with van der Waals surface area (Å²) in [6.45, 7) is 8.99. The number of ether oxygens (including phenoxy) is 1. The first-order chi connectivity index (χ1) is 11.5. The Morgan fingerprint density at radius 3 is 2.83 bits per heavy atom. The number of aromatic nitrogens is 2. The number of aromatic hydroxyl groups is 1. The molecule has 1 aromatic heterocycles. The van der Waals surface area contributed by atoms with Crippen LogP contribution in [0.15, 0.2) is 9.79 Å². The Hall–Kier alpha value is -1.51. The minimum Gasteiger partial charge on any atom is -0.494 e. The molecule has 0 spiro atoms. The standard InChI is InChI=1S/C16H26N4O3S/c1-3-12(2)20-15(22)13(14(21)18-16(20)24)11-17-5-4-6-19-7-9-23-10-8-19/h11-12,22H,3-10H2,1-2H3,(H,18,21,24)/t12-/m1/s1. The summed E-state index contributed by atoms with van der Waals surface area (Å²) in [6.07, 6.45) is 3.14. The molecule has 0 amide bonds. The highest BCUT2D eigenvalue weighted by Gasteiger charge is 2.14. The Labute approximate surface area is 147 Å². The fraction of sp³-hybridized carbons (Fsp3) is 0.688. The quantitative estimate of drug-likeness (QED) is 0.443. The van der Waals surface area contributed by atoms with Gasteiger partial charge in [-0.25, -0.2) is 0 Å². The van der Waals surface area contributed by atoms with Gasteiger partial charge in [-0.2, -0.15) is 0 Å². The molecule has 2 N–H and O–H groups in total. The van der Waals surface area contributed by atoms with Crippen LogP contribution in [0, 0.1) is 4.77 Å². The second-order valence-electron chi connectivity index (χ2n) is 5.97. The van der Waals surface area contributed by atoms with Gasteiger partial charge < -0.3 is 9.84 Å². The molecular formula is C16H26N4O3S. The van der Waals surface area contributed by atoms with Gasteiger partial charge in [0.2, 0.25) is 5.88 Å². The molecule has 134 valence electrons. The highest BCUT2D eigenvalue weighted by molar-refractivity contribution is 7.71. The molecule has 2 rings (SSSR count). The Balaban J connectivity index is 2.00. The summed E-state index contributed by atoms with van der Waals surface area (Å²) in [5.41, 5.74) is -0.246. The third-order valence-electron chi connectivity index (χ3n) is 4.27. The molecule has 1 aliphatic rings. The van der Waals surface area contributed by atoms with Crippen molar-refractivity contribution in [2.24, 2.45) is 4.99 Å². The maximum absolute atomic E-state index is 12.0. The van der Waals surface area contributed by atoms with Crippen LogP contribution >= 0.6 is 12.2 Å². The van der Waals surface area contributed by atoms with E-state index >= 15 is 0 Å². The fourth-order valence-corrected chi connectivity index (χ4v) is 2.99. The zero-order valence-electron chi connectivity index (χ0n) is 14.3. The van der Waals surface area contributed by atoms with Gasteiger partial charge in [-0.05, 0) is 32.0 Å². The second kappa shape index (κ2) is 9.10. The van der Waals surface area contributed by atoms with Crippen LogP contribution in [0.3, 0.4) is 0 Å². The summed E-state index contributed by atoms with van der Waals surface area (Å²) in [7, 11) is 0. The van der Waals surface area contributed by atoms with Crippen LogP contribution in [0.1, 0.15) is 38.3 Å². The first-order valence-corrected chi connectivity index (χ1v) is 8.83. The third-order valence-corrected chi connectivity index (χ3v) is 4.57. The maximum Gasteiger partial charge on any atom is 0.264 e. The molecule has 1 fully saturated rings. The van der Waals surface area contributed by atoms with Crippen molar-refractivity contribution < 1.29 is 9.84 Å². The largest absolute Gasteiger partial charge is 0.494 e. The molecule has 7 nitrogen and oxygen atoms in total. The topological polar surface area (TPSA) is 82.8 Å². The Kier molecular flexibility index (Phi) is 7.14. The van der Waals surface area contributed by atoms with Crippen LogP contribution in [-0.4, -0.2) is 65.2 Å². The zero-order chi connectivity index (χ0) is 17.5. The van der Waals surface area contributed by atoms with Crippen molar-refractivity contribution in [3.8, 4) is 5.88 Å². The lowest BCUT2D eigenvalue weighted by molar-refractivity contribution is 0.0377. The minimum atomic E-state index is -0.408. The van der Waals surface area contributed by atoms with Crippen molar-refractivity contribution >= 4 is 18.4 Å². The van der Waals surface area contributed by atoms with Gasteiger partial charge >= 0.3 is 0 Å². The molecular weight excluding hydrogens is 328 g/mol. The fourth-order valence-electron chi connectivity index (χ4n) is 2.63. The molecule has 1 aliphatic heterocycles. The molecule has 8 heteroatoms. The van der Waals surface area contributed by atoms with Crippen molar-refractivity contribution in [3.05, 3.63) is 20.7 Å². The molecule has 0 saturated carbocycles. The average molecular weight is 354 g/mol. The van der Waals surface area contributed by atoms with Crippen LogP contribution in [0.4, 0.5) is 0 Å². The summed E-state index contributed by atoms with van der Waals surface area (Å²) in [6, 6.07) is 0.00261. The smallest absolute Gasteiger partial charge is 0.264 e. The molecule has 1 saturated heterocycles. The Bertz CT molecular complexity index is 677. The first kappa shape index (κ1) is 18.8. The molecule has 0 bridgehead atoms. The number of nitrogens with zero attached hydrogens (tertiary/aromatic N) is 3. The average Bonchev–Trinajstić information content (AvgIpc) is 2.57. The van der Waals surface area contributed by atoms with Gasteiger partial charge in [-0.1, -0.05) is 6.92 Å². The predicted molar refractivity (Wildman–Crippen MR) is 96.9 cm³/mol.